The largest absolute Gasteiger partial charge is 0.463 e. The van der Waals surface area contributed by atoms with Gasteiger partial charge in [0.15, 0.2) is 5.76 Å². The second-order valence-electron chi connectivity index (χ2n) is 9.45. The molecule has 0 spiro atoms. The van der Waals surface area contributed by atoms with Gasteiger partial charge in [0.25, 0.3) is 5.91 Å². The van der Waals surface area contributed by atoms with Crippen molar-refractivity contribution in [2.45, 2.75) is 57.7 Å². The van der Waals surface area contributed by atoms with Gasteiger partial charge in [0.2, 0.25) is 5.91 Å². The fourth-order valence-corrected chi connectivity index (χ4v) is 4.90. The molecule has 0 unspecified atom stereocenters. The molecule has 0 radical (unpaired) electrons. The molecule has 0 fully saturated rings. The van der Waals surface area contributed by atoms with Crippen LogP contribution in [0.4, 0.5) is 4.39 Å². The summed E-state index contributed by atoms with van der Waals surface area (Å²) < 4.78 is 20.3. The summed E-state index contributed by atoms with van der Waals surface area (Å²) in [5, 5.41) is 7.53. The topological polar surface area (TPSA) is 80.4 Å². The molecule has 1 aliphatic heterocycles. The lowest BCUT2D eigenvalue weighted by molar-refractivity contribution is -0.133. The van der Waals surface area contributed by atoms with Crippen LogP contribution in [0.3, 0.4) is 0 Å². The van der Waals surface area contributed by atoms with E-state index in [4.69, 9.17) is 4.42 Å². The number of amides is 2. The molecule has 0 saturated heterocycles. The van der Waals surface area contributed by atoms with Crippen molar-refractivity contribution >= 4 is 11.8 Å². The van der Waals surface area contributed by atoms with Crippen LogP contribution in [-0.2, 0) is 17.9 Å². The van der Waals surface area contributed by atoms with E-state index in [0.29, 0.717) is 23.7 Å². The molecule has 182 valence electrons. The van der Waals surface area contributed by atoms with Gasteiger partial charge in [0.1, 0.15) is 22.7 Å². The molecule has 1 aromatic carbocycles. The molecule has 0 bridgehead atoms. The van der Waals surface area contributed by atoms with Crippen molar-refractivity contribution in [3.63, 3.8) is 0 Å². The van der Waals surface area contributed by atoms with Crippen LogP contribution in [0, 0.1) is 5.82 Å². The quantitative estimate of drug-likeness (QED) is 0.501. The van der Waals surface area contributed by atoms with Crippen molar-refractivity contribution in [2.75, 3.05) is 6.54 Å². The summed E-state index contributed by atoms with van der Waals surface area (Å²) in [6.45, 7) is 2.71. The third kappa shape index (κ3) is 4.65. The van der Waals surface area contributed by atoms with Gasteiger partial charge in [-0.25, -0.2) is 4.39 Å². The van der Waals surface area contributed by atoms with E-state index in [1.165, 1.54) is 24.1 Å². The number of fused-ring (bicyclic) bond motifs is 1. The Morgan fingerprint density at radius 1 is 1.23 bits per heavy atom. The Morgan fingerprint density at radius 3 is 2.77 bits per heavy atom. The molecular weight excluding hydrogens is 447 g/mol. The van der Waals surface area contributed by atoms with Gasteiger partial charge in [-0.1, -0.05) is 23.8 Å². The normalized spacial score (nSPS) is 19.9. The highest BCUT2D eigenvalue weighted by atomic mass is 19.1. The summed E-state index contributed by atoms with van der Waals surface area (Å²) in [6.07, 6.45) is 9.04. The molecule has 2 aromatic heterocycles. The third-order valence-corrected chi connectivity index (χ3v) is 6.97. The van der Waals surface area contributed by atoms with Gasteiger partial charge in [-0.05, 0) is 68.9 Å². The lowest BCUT2D eigenvalue weighted by Gasteiger charge is -2.43. The fraction of sp³-hybridized carbons (Fsp3) is 0.370. The first-order valence-electron chi connectivity index (χ1n) is 12.1. The highest BCUT2D eigenvalue weighted by Gasteiger charge is 2.47. The van der Waals surface area contributed by atoms with E-state index in [2.05, 4.69) is 16.5 Å². The summed E-state index contributed by atoms with van der Waals surface area (Å²) in [7, 11) is 0. The minimum atomic E-state index is -1.13. The van der Waals surface area contributed by atoms with E-state index in [0.717, 1.165) is 31.2 Å². The molecule has 35 heavy (non-hydrogen) atoms. The maximum Gasteiger partial charge on any atom is 0.273 e. The summed E-state index contributed by atoms with van der Waals surface area (Å²) in [5.74, 6) is -0.251. The molecule has 7 nitrogen and oxygen atoms in total. The first kappa shape index (κ1) is 23.1. The van der Waals surface area contributed by atoms with Crippen LogP contribution in [0.15, 0.2) is 64.8 Å². The van der Waals surface area contributed by atoms with Crippen molar-refractivity contribution in [2.24, 2.45) is 0 Å². The monoisotopic (exact) mass is 476 g/mol. The highest BCUT2D eigenvalue weighted by Crippen LogP contribution is 2.31. The number of aromatic nitrogens is 2. The average molecular weight is 477 g/mol. The van der Waals surface area contributed by atoms with Gasteiger partial charge in [-0.2, -0.15) is 5.10 Å². The molecular formula is C27H29FN4O3. The van der Waals surface area contributed by atoms with Crippen LogP contribution >= 0.6 is 0 Å². The maximum atomic E-state index is 13.7. The van der Waals surface area contributed by atoms with Crippen LogP contribution in [0.2, 0.25) is 0 Å². The average Bonchev–Trinajstić information content (AvgIpc) is 3.54. The Bertz CT molecular complexity index is 1250. The van der Waals surface area contributed by atoms with E-state index in [1.54, 1.807) is 53.1 Å². The molecule has 3 heterocycles. The van der Waals surface area contributed by atoms with E-state index in [-0.39, 0.29) is 30.7 Å². The molecule has 1 N–H and O–H groups in total. The minimum absolute atomic E-state index is 0.225. The van der Waals surface area contributed by atoms with Crippen LogP contribution < -0.4 is 5.32 Å². The van der Waals surface area contributed by atoms with Crippen LogP contribution in [0.1, 0.15) is 55.1 Å². The Labute approximate surface area is 203 Å². The molecule has 2 amide bonds. The van der Waals surface area contributed by atoms with Gasteiger partial charge < -0.3 is 14.6 Å². The van der Waals surface area contributed by atoms with Gasteiger partial charge in [-0.3, -0.25) is 14.3 Å². The number of furan rings is 1. The third-order valence-electron chi connectivity index (χ3n) is 6.97. The number of hydrogen-bond donors (Lipinski definition) is 1. The van der Waals surface area contributed by atoms with Gasteiger partial charge >= 0.3 is 0 Å². The van der Waals surface area contributed by atoms with Crippen molar-refractivity contribution < 1.29 is 18.4 Å². The zero-order valence-corrected chi connectivity index (χ0v) is 19.8. The number of hydrogen-bond acceptors (Lipinski definition) is 4. The van der Waals surface area contributed by atoms with E-state index in [9.17, 15) is 14.0 Å². The molecule has 2 aliphatic rings. The zero-order chi connectivity index (χ0) is 24.4. The maximum absolute atomic E-state index is 13.7. The Morgan fingerprint density at radius 2 is 2.06 bits per heavy atom. The van der Waals surface area contributed by atoms with Crippen molar-refractivity contribution in [1.82, 2.24) is 20.0 Å². The Hall–Kier alpha value is -3.68. The molecule has 8 heteroatoms. The molecule has 5 rings (SSSR count). The van der Waals surface area contributed by atoms with Crippen molar-refractivity contribution in [3.8, 4) is 11.5 Å². The van der Waals surface area contributed by atoms with Crippen LogP contribution in [-0.4, -0.2) is 38.6 Å². The molecule has 0 saturated carbocycles. The summed E-state index contributed by atoms with van der Waals surface area (Å²) >= 11 is 0. The van der Waals surface area contributed by atoms with Crippen molar-refractivity contribution in [1.29, 1.82) is 0 Å². The highest BCUT2D eigenvalue weighted by molar-refractivity contribution is 6.00. The lowest BCUT2D eigenvalue weighted by Crippen LogP contribution is -2.64. The Balaban J connectivity index is 1.42. The smallest absolute Gasteiger partial charge is 0.273 e. The number of carbonyl (C=O) groups excluding carboxylic acids is 2. The molecule has 1 aliphatic carbocycles. The molecule has 3 aromatic rings. The molecule has 1 atom stereocenters. The van der Waals surface area contributed by atoms with Crippen molar-refractivity contribution in [3.05, 3.63) is 77.5 Å². The Kier molecular flexibility index (Phi) is 6.28. The van der Waals surface area contributed by atoms with E-state index >= 15 is 0 Å². The van der Waals surface area contributed by atoms with E-state index < -0.39 is 5.54 Å². The number of nitrogens with one attached hydrogen (secondary N) is 1. The van der Waals surface area contributed by atoms with Gasteiger partial charge in [0.05, 0.1) is 12.8 Å². The SMILES string of the molecule is C[C@]1(C(=O)NCc2ccc(F)cc2)Cn2nc(-c3ccco3)cc2C(=O)N1CCC1=CCCCC1. The summed E-state index contributed by atoms with van der Waals surface area (Å²) in [4.78, 5) is 28.9. The van der Waals surface area contributed by atoms with Gasteiger partial charge in [0, 0.05) is 19.2 Å². The van der Waals surface area contributed by atoms with Crippen LogP contribution in [0.25, 0.3) is 11.5 Å². The fourth-order valence-electron chi connectivity index (χ4n) is 4.90. The zero-order valence-electron chi connectivity index (χ0n) is 19.8. The number of rotatable bonds is 7. The second kappa shape index (κ2) is 9.52. The van der Waals surface area contributed by atoms with Crippen LogP contribution in [0.5, 0.6) is 0 Å². The predicted molar refractivity (Wildman–Crippen MR) is 129 cm³/mol. The second-order valence-corrected chi connectivity index (χ2v) is 9.45. The lowest BCUT2D eigenvalue weighted by atomic mass is 9.92. The standard InChI is InChI=1S/C27H29FN4O3/c1-27(26(34)29-17-20-9-11-21(28)12-10-20)18-32-23(16-22(30-32)24-8-5-15-35-24)25(33)31(27)14-13-19-6-3-2-4-7-19/h5-6,8-12,15-16H,2-4,7,13-14,17-18H2,1H3,(H,29,34)/t27-/m1/s1. The number of halogens is 1. The number of allylic oxidation sites excluding steroid dienone is 1. The first-order valence-corrected chi connectivity index (χ1v) is 12.1. The number of nitrogens with zero attached hydrogens (tertiary/aromatic N) is 3. The summed E-state index contributed by atoms with van der Waals surface area (Å²) in [6, 6.07) is 11.3. The summed E-state index contributed by atoms with van der Waals surface area (Å²) in [5.41, 5.74) is 1.99. The predicted octanol–water partition coefficient (Wildman–Crippen LogP) is 4.70. The first-order chi connectivity index (χ1) is 16.9. The van der Waals surface area contributed by atoms with Gasteiger partial charge in [-0.15, -0.1) is 0 Å². The number of carbonyl (C=O) groups is 2. The number of benzene rings is 1. The minimum Gasteiger partial charge on any atom is -0.463 e. The van der Waals surface area contributed by atoms with E-state index in [1.807, 2.05) is 0 Å².